The number of nitrogens with zero attached hydrogens (tertiary/aromatic N) is 2. The molecule has 6 heteroatoms. The van der Waals surface area contributed by atoms with Crippen LogP contribution in [0.2, 0.25) is 0 Å². The standard InChI is InChI=1S/C12H14BrFN4/c1-18-7-8(6-16-18)4-12(17-15)10-3-2-9(14)5-11(10)13/h2-3,5-7,12,17H,4,15H2,1H3. The third kappa shape index (κ3) is 2.95. The number of aromatic nitrogens is 2. The van der Waals surface area contributed by atoms with Crippen LogP contribution in [0.1, 0.15) is 17.2 Å². The largest absolute Gasteiger partial charge is 0.276 e. The van der Waals surface area contributed by atoms with E-state index in [1.54, 1.807) is 16.9 Å². The average molecular weight is 313 g/mol. The fourth-order valence-electron chi connectivity index (χ4n) is 1.86. The number of rotatable bonds is 4. The molecule has 2 rings (SSSR count). The zero-order valence-electron chi connectivity index (χ0n) is 9.90. The molecule has 1 aromatic carbocycles. The van der Waals surface area contributed by atoms with E-state index in [-0.39, 0.29) is 11.9 Å². The van der Waals surface area contributed by atoms with Gasteiger partial charge in [-0.2, -0.15) is 5.10 Å². The Kier molecular flexibility index (Phi) is 4.11. The van der Waals surface area contributed by atoms with Gasteiger partial charge >= 0.3 is 0 Å². The number of hydrazine groups is 1. The van der Waals surface area contributed by atoms with Crippen molar-refractivity contribution in [1.29, 1.82) is 0 Å². The molecule has 96 valence electrons. The molecule has 0 spiro atoms. The van der Waals surface area contributed by atoms with Crippen molar-refractivity contribution in [2.45, 2.75) is 12.5 Å². The van der Waals surface area contributed by atoms with Crippen LogP contribution >= 0.6 is 15.9 Å². The second-order valence-corrected chi connectivity index (χ2v) is 4.97. The maximum atomic E-state index is 13.1. The van der Waals surface area contributed by atoms with Crippen molar-refractivity contribution in [3.05, 3.63) is 52.0 Å². The Morgan fingerprint density at radius 2 is 2.33 bits per heavy atom. The van der Waals surface area contributed by atoms with E-state index < -0.39 is 0 Å². The highest BCUT2D eigenvalue weighted by Gasteiger charge is 2.15. The van der Waals surface area contributed by atoms with Crippen LogP contribution in [-0.4, -0.2) is 9.78 Å². The number of halogens is 2. The quantitative estimate of drug-likeness (QED) is 0.671. The van der Waals surface area contributed by atoms with Gasteiger partial charge < -0.3 is 0 Å². The van der Waals surface area contributed by atoms with Crippen molar-refractivity contribution in [2.75, 3.05) is 0 Å². The molecule has 1 aromatic heterocycles. The summed E-state index contributed by atoms with van der Waals surface area (Å²) in [7, 11) is 1.86. The third-order valence-electron chi connectivity index (χ3n) is 2.74. The lowest BCUT2D eigenvalue weighted by Gasteiger charge is -2.17. The van der Waals surface area contributed by atoms with Gasteiger partial charge in [-0.05, 0) is 29.7 Å². The Bertz CT molecular complexity index is 541. The molecule has 1 atom stereocenters. The fourth-order valence-corrected chi connectivity index (χ4v) is 2.48. The van der Waals surface area contributed by atoms with E-state index >= 15 is 0 Å². The molecule has 0 saturated carbocycles. The molecule has 0 aliphatic carbocycles. The Hall–Kier alpha value is -1.24. The third-order valence-corrected chi connectivity index (χ3v) is 3.42. The summed E-state index contributed by atoms with van der Waals surface area (Å²) >= 11 is 3.35. The van der Waals surface area contributed by atoms with Gasteiger partial charge in [0, 0.05) is 17.7 Å². The van der Waals surface area contributed by atoms with E-state index in [1.165, 1.54) is 12.1 Å². The maximum absolute atomic E-state index is 13.1. The first kappa shape index (κ1) is 13.2. The number of nitrogens with two attached hydrogens (primary N) is 1. The van der Waals surface area contributed by atoms with Crippen LogP contribution in [0.3, 0.4) is 0 Å². The molecule has 3 N–H and O–H groups in total. The first-order valence-corrected chi connectivity index (χ1v) is 6.28. The predicted molar refractivity (Wildman–Crippen MR) is 71.1 cm³/mol. The van der Waals surface area contributed by atoms with Crippen LogP contribution in [0.5, 0.6) is 0 Å². The molecule has 0 aliphatic rings. The summed E-state index contributed by atoms with van der Waals surface area (Å²) < 4.78 is 15.5. The van der Waals surface area contributed by atoms with Gasteiger partial charge in [-0.3, -0.25) is 16.0 Å². The van der Waals surface area contributed by atoms with Crippen molar-refractivity contribution in [3.8, 4) is 0 Å². The Balaban J connectivity index is 2.22. The molecule has 0 bridgehead atoms. The van der Waals surface area contributed by atoms with Gasteiger partial charge in [-0.1, -0.05) is 22.0 Å². The minimum Gasteiger partial charge on any atom is -0.276 e. The van der Waals surface area contributed by atoms with Crippen LogP contribution in [0.15, 0.2) is 35.1 Å². The number of aryl methyl sites for hydroxylation is 1. The molecule has 2 aromatic rings. The molecular weight excluding hydrogens is 299 g/mol. The Morgan fingerprint density at radius 1 is 1.56 bits per heavy atom. The summed E-state index contributed by atoms with van der Waals surface area (Å²) in [6.07, 6.45) is 4.41. The second-order valence-electron chi connectivity index (χ2n) is 4.11. The van der Waals surface area contributed by atoms with Crippen LogP contribution in [0, 0.1) is 5.82 Å². The molecule has 0 fully saturated rings. The van der Waals surface area contributed by atoms with E-state index in [1.807, 2.05) is 13.2 Å². The van der Waals surface area contributed by atoms with E-state index in [4.69, 9.17) is 5.84 Å². The SMILES string of the molecule is Cn1cc(CC(NN)c2ccc(F)cc2Br)cn1. The number of hydrogen-bond donors (Lipinski definition) is 2. The first-order chi connectivity index (χ1) is 8.60. The number of nitrogens with one attached hydrogen (secondary N) is 1. The molecule has 4 nitrogen and oxygen atoms in total. The molecule has 0 saturated heterocycles. The topological polar surface area (TPSA) is 55.9 Å². The summed E-state index contributed by atoms with van der Waals surface area (Å²) in [5.41, 5.74) is 4.73. The maximum Gasteiger partial charge on any atom is 0.124 e. The summed E-state index contributed by atoms with van der Waals surface area (Å²) in [5.74, 6) is 5.30. The normalized spacial score (nSPS) is 12.7. The highest BCUT2D eigenvalue weighted by molar-refractivity contribution is 9.10. The van der Waals surface area contributed by atoms with Gasteiger partial charge in [0.05, 0.1) is 12.2 Å². The van der Waals surface area contributed by atoms with Crippen molar-refractivity contribution in [3.63, 3.8) is 0 Å². The molecule has 0 amide bonds. The Labute approximate surface area is 113 Å². The monoisotopic (exact) mass is 312 g/mol. The predicted octanol–water partition coefficient (Wildman–Crippen LogP) is 2.07. The van der Waals surface area contributed by atoms with Crippen molar-refractivity contribution in [2.24, 2.45) is 12.9 Å². The molecule has 1 unspecified atom stereocenters. The fraction of sp³-hybridized carbons (Fsp3) is 0.250. The van der Waals surface area contributed by atoms with Crippen molar-refractivity contribution in [1.82, 2.24) is 15.2 Å². The van der Waals surface area contributed by atoms with E-state index in [0.717, 1.165) is 11.1 Å². The number of benzene rings is 1. The highest BCUT2D eigenvalue weighted by Crippen LogP contribution is 2.26. The lowest BCUT2D eigenvalue weighted by molar-refractivity contribution is 0.546. The van der Waals surface area contributed by atoms with E-state index in [9.17, 15) is 4.39 Å². The smallest absolute Gasteiger partial charge is 0.124 e. The summed E-state index contributed by atoms with van der Waals surface area (Å²) in [4.78, 5) is 0. The Morgan fingerprint density at radius 3 is 2.89 bits per heavy atom. The molecule has 0 aliphatic heterocycles. The van der Waals surface area contributed by atoms with Crippen molar-refractivity contribution >= 4 is 15.9 Å². The summed E-state index contributed by atoms with van der Waals surface area (Å²) in [5, 5.41) is 4.11. The van der Waals surface area contributed by atoms with Crippen LogP contribution in [-0.2, 0) is 13.5 Å². The first-order valence-electron chi connectivity index (χ1n) is 5.48. The molecule has 0 radical (unpaired) electrons. The molecule has 18 heavy (non-hydrogen) atoms. The summed E-state index contributed by atoms with van der Waals surface area (Å²) in [6.45, 7) is 0. The van der Waals surface area contributed by atoms with Gasteiger partial charge in [0.15, 0.2) is 0 Å². The van der Waals surface area contributed by atoms with E-state index in [2.05, 4.69) is 26.5 Å². The van der Waals surface area contributed by atoms with Crippen LogP contribution < -0.4 is 11.3 Å². The van der Waals surface area contributed by atoms with Crippen molar-refractivity contribution < 1.29 is 4.39 Å². The minimum absolute atomic E-state index is 0.0934. The lowest BCUT2D eigenvalue weighted by Crippen LogP contribution is -2.29. The van der Waals surface area contributed by atoms with Gasteiger partial charge in [-0.15, -0.1) is 0 Å². The van der Waals surface area contributed by atoms with Crippen LogP contribution in [0.4, 0.5) is 4.39 Å². The van der Waals surface area contributed by atoms with E-state index in [0.29, 0.717) is 10.9 Å². The number of hydrogen-bond acceptors (Lipinski definition) is 3. The van der Waals surface area contributed by atoms with Crippen LogP contribution in [0.25, 0.3) is 0 Å². The molecule has 1 heterocycles. The van der Waals surface area contributed by atoms with Gasteiger partial charge in [-0.25, -0.2) is 4.39 Å². The average Bonchev–Trinajstić information content (AvgIpc) is 2.72. The lowest BCUT2D eigenvalue weighted by atomic mass is 10.0. The zero-order valence-corrected chi connectivity index (χ0v) is 11.5. The highest BCUT2D eigenvalue weighted by atomic mass is 79.9. The van der Waals surface area contributed by atoms with Gasteiger partial charge in [0.25, 0.3) is 0 Å². The minimum atomic E-state index is -0.275. The second kappa shape index (κ2) is 5.60. The molecular formula is C12H14BrFN4. The zero-order chi connectivity index (χ0) is 13.1. The van der Waals surface area contributed by atoms with Gasteiger partial charge in [0.2, 0.25) is 0 Å². The summed E-state index contributed by atoms with van der Waals surface area (Å²) in [6, 6.07) is 4.49. The van der Waals surface area contributed by atoms with Gasteiger partial charge in [0.1, 0.15) is 5.82 Å².